The van der Waals surface area contributed by atoms with Crippen molar-refractivity contribution >= 4 is 0 Å². The average Bonchev–Trinajstić information content (AvgIpc) is 2.18. The Morgan fingerprint density at radius 1 is 1.33 bits per heavy atom. The van der Waals surface area contributed by atoms with E-state index >= 15 is 0 Å². The minimum absolute atomic E-state index is 0. The van der Waals surface area contributed by atoms with Gasteiger partial charge < -0.3 is 14.2 Å². The van der Waals surface area contributed by atoms with Gasteiger partial charge in [0.05, 0.1) is 7.11 Å². The minimum Gasteiger partial charge on any atom is -0.522 e. The third-order valence-electron chi connectivity index (χ3n) is 1.66. The molecule has 0 bridgehead atoms. The Labute approximate surface area is 103 Å². The maximum Gasteiger partial charge on any atom is 1.00 e. The summed E-state index contributed by atoms with van der Waals surface area (Å²) in [6, 6.07) is 8.44. The van der Waals surface area contributed by atoms with Crippen molar-refractivity contribution in [3.8, 4) is 11.5 Å². The predicted octanol–water partition coefficient (Wildman–Crippen LogP) is -0.739. The largest absolute Gasteiger partial charge is 1.00 e. The summed E-state index contributed by atoms with van der Waals surface area (Å²) in [5, 5.41) is 0. The summed E-state index contributed by atoms with van der Waals surface area (Å²) < 4.78 is 15.7. The SMILES string of the molecule is CCOC(C)Oc1[c-]c(OC)ccc1.[Li+]. The molecule has 0 aliphatic carbocycles. The Hall–Kier alpha value is -0.623. The van der Waals surface area contributed by atoms with E-state index in [0.29, 0.717) is 18.1 Å². The van der Waals surface area contributed by atoms with E-state index in [1.165, 1.54) is 0 Å². The second kappa shape index (κ2) is 7.64. The van der Waals surface area contributed by atoms with Crippen LogP contribution < -0.4 is 28.3 Å². The summed E-state index contributed by atoms with van der Waals surface area (Å²) in [4.78, 5) is 0. The molecule has 15 heavy (non-hydrogen) atoms. The number of methoxy groups -OCH3 is 1. The average molecular weight is 202 g/mol. The van der Waals surface area contributed by atoms with Gasteiger partial charge in [-0.1, -0.05) is 6.07 Å². The molecule has 1 unspecified atom stereocenters. The van der Waals surface area contributed by atoms with Crippen LogP contribution in [0.5, 0.6) is 11.5 Å². The van der Waals surface area contributed by atoms with Crippen LogP contribution in [0.4, 0.5) is 0 Å². The van der Waals surface area contributed by atoms with Crippen LogP contribution in [-0.2, 0) is 4.74 Å². The molecule has 0 radical (unpaired) electrons. The van der Waals surface area contributed by atoms with Crippen molar-refractivity contribution in [3.63, 3.8) is 0 Å². The first kappa shape index (κ1) is 14.4. The molecule has 0 fully saturated rings. The molecule has 78 valence electrons. The molecule has 1 aromatic carbocycles. The molecule has 0 amide bonds. The maximum atomic E-state index is 5.44. The van der Waals surface area contributed by atoms with Crippen molar-refractivity contribution in [1.29, 1.82) is 0 Å². The Balaban J connectivity index is 0.00000196. The van der Waals surface area contributed by atoms with Crippen molar-refractivity contribution in [2.24, 2.45) is 0 Å². The zero-order chi connectivity index (χ0) is 10.4. The summed E-state index contributed by atoms with van der Waals surface area (Å²) in [5.41, 5.74) is 0. The standard InChI is InChI=1S/C11H15O3.Li/c1-4-13-9(2)14-11-7-5-6-10(8-11)12-3;/h5-7,9H,4H2,1-3H3;/q-1;+1. The molecule has 0 N–H and O–H groups in total. The molecule has 1 atom stereocenters. The number of hydrogen-bond donors (Lipinski definition) is 0. The first-order valence-corrected chi connectivity index (χ1v) is 4.61. The zero-order valence-corrected chi connectivity index (χ0v) is 9.74. The second-order valence-electron chi connectivity index (χ2n) is 2.72. The fraction of sp³-hybridized carbons (Fsp3) is 0.455. The van der Waals surface area contributed by atoms with E-state index in [0.717, 1.165) is 0 Å². The van der Waals surface area contributed by atoms with E-state index in [-0.39, 0.29) is 25.2 Å². The van der Waals surface area contributed by atoms with E-state index in [1.54, 1.807) is 7.11 Å². The molecule has 3 nitrogen and oxygen atoms in total. The normalized spacial score (nSPS) is 11.4. The summed E-state index contributed by atoms with van der Waals surface area (Å²) >= 11 is 0. The molecular formula is C11H15LiO3. The summed E-state index contributed by atoms with van der Waals surface area (Å²) in [6.07, 6.45) is -0.261. The van der Waals surface area contributed by atoms with Crippen molar-refractivity contribution in [2.75, 3.05) is 13.7 Å². The Bertz CT molecular complexity index is 278. The van der Waals surface area contributed by atoms with Gasteiger partial charge in [0.25, 0.3) is 0 Å². The maximum absolute atomic E-state index is 5.44. The van der Waals surface area contributed by atoms with Gasteiger partial charge in [-0.25, -0.2) is 0 Å². The first-order valence-electron chi connectivity index (χ1n) is 4.61. The topological polar surface area (TPSA) is 27.7 Å². The van der Waals surface area contributed by atoms with Gasteiger partial charge in [-0.2, -0.15) is 6.07 Å². The number of benzene rings is 1. The molecule has 4 heteroatoms. The number of ether oxygens (including phenoxy) is 3. The molecule has 0 aromatic heterocycles. The zero-order valence-electron chi connectivity index (χ0n) is 9.74. The van der Waals surface area contributed by atoms with Crippen LogP contribution in [0, 0.1) is 6.07 Å². The fourth-order valence-corrected chi connectivity index (χ4v) is 1.06. The summed E-state index contributed by atoms with van der Waals surface area (Å²) in [6.45, 7) is 4.40. The predicted molar refractivity (Wildman–Crippen MR) is 53.5 cm³/mol. The molecule has 0 aliphatic rings. The summed E-state index contributed by atoms with van der Waals surface area (Å²) in [5.74, 6) is 1.29. The van der Waals surface area contributed by atoms with Crippen LogP contribution in [0.3, 0.4) is 0 Å². The minimum atomic E-state index is -0.261. The van der Waals surface area contributed by atoms with Crippen LogP contribution in [0.2, 0.25) is 0 Å². The van der Waals surface area contributed by atoms with Crippen LogP contribution in [0.25, 0.3) is 0 Å². The van der Waals surface area contributed by atoms with Gasteiger partial charge in [-0.15, -0.1) is 12.1 Å². The van der Waals surface area contributed by atoms with Crippen LogP contribution >= 0.6 is 0 Å². The monoisotopic (exact) mass is 202 g/mol. The van der Waals surface area contributed by atoms with Crippen molar-refractivity contribution in [2.45, 2.75) is 20.1 Å². The quantitative estimate of drug-likeness (QED) is 0.357. The molecule has 0 aliphatic heterocycles. The van der Waals surface area contributed by atoms with Gasteiger partial charge in [-0.05, 0) is 13.8 Å². The van der Waals surface area contributed by atoms with Crippen molar-refractivity contribution < 1.29 is 33.1 Å². The van der Waals surface area contributed by atoms with E-state index in [9.17, 15) is 0 Å². The van der Waals surface area contributed by atoms with E-state index in [2.05, 4.69) is 6.07 Å². The van der Waals surface area contributed by atoms with Gasteiger partial charge in [0.1, 0.15) is 0 Å². The fourth-order valence-electron chi connectivity index (χ4n) is 1.06. The van der Waals surface area contributed by atoms with Crippen LogP contribution in [0.1, 0.15) is 13.8 Å². The molecule has 0 saturated carbocycles. The molecule has 0 spiro atoms. The Kier molecular flexibility index (Phi) is 7.32. The molecule has 0 saturated heterocycles. The molecule has 1 rings (SSSR count). The van der Waals surface area contributed by atoms with Crippen molar-refractivity contribution in [1.82, 2.24) is 0 Å². The Morgan fingerprint density at radius 3 is 2.60 bits per heavy atom. The first-order chi connectivity index (χ1) is 6.76. The summed E-state index contributed by atoms with van der Waals surface area (Å²) in [7, 11) is 1.60. The molecule has 1 aromatic rings. The van der Waals surface area contributed by atoms with E-state index in [4.69, 9.17) is 14.2 Å². The molecular weight excluding hydrogens is 187 g/mol. The number of rotatable bonds is 5. The van der Waals surface area contributed by atoms with E-state index < -0.39 is 0 Å². The third kappa shape index (κ3) is 5.13. The van der Waals surface area contributed by atoms with Crippen LogP contribution in [-0.4, -0.2) is 20.0 Å². The van der Waals surface area contributed by atoms with Gasteiger partial charge in [0.15, 0.2) is 6.29 Å². The molecule has 0 heterocycles. The van der Waals surface area contributed by atoms with Gasteiger partial charge in [0, 0.05) is 18.1 Å². The number of hydrogen-bond acceptors (Lipinski definition) is 3. The van der Waals surface area contributed by atoms with Gasteiger partial charge in [0.2, 0.25) is 0 Å². The van der Waals surface area contributed by atoms with Gasteiger partial charge >= 0.3 is 18.9 Å². The van der Waals surface area contributed by atoms with Crippen molar-refractivity contribution in [3.05, 3.63) is 24.3 Å². The van der Waals surface area contributed by atoms with Gasteiger partial charge in [-0.3, -0.25) is 0 Å². The smallest absolute Gasteiger partial charge is 0.522 e. The second-order valence-corrected chi connectivity index (χ2v) is 2.72. The third-order valence-corrected chi connectivity index (χ3v) is 1.66. The van der Waals surface area contributed by atoms with Crippen LogP contribution in [0.15, 0.2) is 18.2 Å². The Morgan fingerprint density at radius 2 is 2.00 bits per heavy atom. The van der Waals surface area contributed by atoms with E-state index in [1.807, 2.05) is 32.0 Å².